The molecule has 0 saturated carbocycles. The van der Waals surface area contributed by atoms with Crippen molar-refractivity contribution in [1.82, 2.24) is 24.7 Å². The van der Waals surface area contributed by atoms with Crippen LogP contribution in [0.4, 0.5) is 24.2 Å². The van der Waals surface area contributed by atoms with Crippen molar-refractivity contribution in [3.63, 3.8) is 0 Å². The molecule has 7 rings (SSSR count). The zero-order chi connectivity index (χ0) is 47.5. The summed E-state index contributed by atoms with van der Waals surface area (Å²) in [5.74, 6) is -5.45. The number of nitrogens with zero attached hydrogens (tertiary/aromatic N) is 6. The Morgan fingerprint density at radius 3 is 2.48 bits per heavy atom. The third kappa shape index (κ3) is 10.2. The number of pyridine rings is 2. The van der Waals surface area contributed by atoms with Crippen LogP contribution < -0.4 is 25.1 Å². The Hall–Kier alpha value is -7.07. The highest BCUT2D eigenvalue weighted by atomic mass is 31.2. The van der Waals surface area contributed by atoms with Gasteiger partial charge in [-0.1, -0.05) is 35.5 Å². The van der Waals surface area contributed by atoms with Gasteiger partial charge in [0.15, 0.2) is 11.3 Å². The molecule has 5 heterocycles. The van der Waals surface area contributed by atoms with Gasteiger partial charge in [-0.05, 0) is 51.0 Å². The highest BCUT2D eigenvalue weighted by Crippen LogP contribution is 2.46. The highest BCUT2D eigenvalue weighted by Gasteiger charge is 2.54. The standard InChI is InChI=1S/C42H42F2N7O14P/c1-24-17-42(65-47-24)14-13-25(2)50-21-32(42)51-20-30(38(54)46-18-26-11-12-28(43)16-31(26)44)35(53)36(34(51)39(50)55)64-40(56)48(3)37-27(8-7-15-45-37)19-49(41(57)61-23-62-66(58,59)60)22-33(52)63-29-9-5-4-6-10-29/h4-12,15-16,20,25,32H,13-14,17-19,21-23H2,1-3H3,(H,46,54)(H2,58,59,60)/t25-,32+,42-/m0/s1. The fourth-order valence-electron chi connectivity index (χ4n) is 7.84. The molecule has 348 valence electrons. The molecular weight excluding hydrogens is 895 g/mol. The van der Waals surface area contributed by atoms with Gasteiger partial charge in [0.05, 0.1) is 18.3 Å². The predicted molar refractivity (Wildman–Crippen MR) is 224 cm³/mol. The minimum absolute atomic E-state index is 0.0509. The van der Waals surface area contributed by atoms with E-state index in [4.69, 9.17) is 28.8 Å². The van der Waals surface area contributed by atoms with Crippen LogP contribution in [0, 0.1) is 11.6 Å². The van der Waals surface area contributed by atoms with E-state index in [-0.39, 0.29) is 41.0 Å². The van der Waals surface area contributed by atoms with Gasteiger partial charge in [-0.3, -0.25) is 24.2 Å². The molecule has 21 nitrogen and oxygen atoms in total. The van der Waals surface area contributed by atoms with Gasteiger partial charge in [-0.15, -0.1) is 0 Å². The summed E-state index contributed by atoms with van der Waals surface area (Å²) in [4.78, 5) is 115. The third-order valence-electron chi connectivity index (χ3n) is 11.1. The predicted octanol–water partition coefficient (Wildman–Crippen LogP) is 4.41. The number of benzene rings is 2. The Balaban J connectivity index is 1.23. The Morgan fingerprint density at radius 1 is 1.03 bits per heavy atom. The lowest BCUT2D eigenvalue weighted by atomic mass is 9.84. The molecule has 0 radical (unpaired) electrons. The molecule has 24 heteroatoms. The summed E-state index contributed by atoms with van der Waals surface area (Å²) in [6.07, 6.45) is 1.00. The largest absolute Gasteiger partial charge is 0.472 e. The maximum absolute atomic E-state index is 14.6. The Morgan fingerprint density at radius 2 is 1.79 bits per heavy atom. The number of carbonyl (C=O) groups is 5. The minimum Gasteiger partial charge on any atom is -0.425 e. The van der Waals surface area contributed by atoms with Crippen LogP contribution in [0.3, 0.4) is 0 Å². The quantitative estimate of drug-likeness (QED) is 0.0726. The van der Waals surface area contributed by atoms with E-state index in [1.807, 2.05) is 6.92 Å². The SMILES string of the molecule is CC1=NO[C@@]2(CC[C@H](C)N3C[C@H]2n2cc(C(=O)NCc4ccc(F)cc4F)c(=O)c(OC(=O)N(C)c4ncccc4CN(CC(=O)Oc4ccccc4)C(=O)OCOP(=O)(O)O)c2C3=O)C1. The summed E-state index contributed by atoms with van der Waals surface area (Å²) in [5.41, 5.74) is -2.63. The van der Waals surface area contributed by atoms with Gasteiger partial charge < -0.3 is 43.6 Å². The molecule has 3 N–H and O–H groups in total. The summed E-state index contributed by atoms with van der Waals surface area (Å²) in [6.45, 7) is 0.593. The summed E-state index contributed by atoms with van der Waals surface area (Å²) >= 11 is 0. The lowest BCUT2D eigenvalue weighted by Crippen LogP contribution is -2.52. The number of phosphoric ester groups is 1. The van der Waals surface area contributed by atoms with Gasteiger partial charge in [-0.2, -0.15) is 0 Å². The molecule has 1 saturated heterocycles. The molecule has 4 amide bonds. The number of ether oxygens (including phenoxy) is 3. The lowest BCUT2D eigenvalue weighted by molar-refractivity contribution is -0.135. The maximum atomic E-state index is 14.6. The first-order chi connectivity index (χ1) is 31.3. The van der Waals surface area contributed by atoms with E-state index in [1.54, 1.807) is 25.1 Å². The molecule has 2 bridgehead atoms. The zero-order valence-electron chi connectivity index (χ0n) is 35.4. The molecule has 1 fully saturated rings. The van der Waals surface area contributed by atoms with Crippen LogP contribution in [0.2, 0.25) is 0 Å². The Bertz CT molecular complexity index is 2720. The topological polar surface area (TPSA) is 258 Å². The van der Waals surface area contributed by atoms with E-state index in [1.165, 1.54) is 47.0 Å². The van der Waals surface area contributed by atoms with E-state index < -0.39 is 104 Å². The number of hydrogen-bond donors (Lipinski definition) is 3. The molecule has 3 atom stereocenters. The van der Waals surface area contributed by atoms with Crippen molar-refractivity contribution in [1.29, 1.82) is 0 Å². The number of para-hydroxylation sites is 1. The van der Waals surface area contributed by atoms with Crippen LogP contribution in [-0.4, -0.2) is 103 Å². The first-order valence-electron chi connectivity index (χ1n) is 20.1. The van der Waals surface area contributed by atoms with Crippen LogP contribution in [0.15, 0.2) is 83.0 Å². The smallest absolute Gasteiger partial charge is 0.425 e. The summed E-state index contributed by atoms with van der Waals surface area (Å²) in [7, 11) is -3.90. The average molecular weight is 938 g/mol. The second kappa shape index (κ2) is 19.2. The maximum Gasteiger partial charge on any atom is 0.472 e. The molecule has 1 spiro atoms. The Kier molecular flexibility index (Phi) is 13.6. The minimum atomic E-state index is -5.08. The highest BCUT2D eigenvalue weighted by molar-refractivity contribution is 7.46. The van der Waals surface area contributed by atoms with Crippen molar-refractivity contribution in [3.8, 4) is 11.5 Å². The second-order valence-corrected chi connectivity index (χ2v) is 16.8. The van der Waals surface area contributed by atoms with Crippen molar-refractivity contribution in [2.45, 2.75) is 63.9 Å². The fraction of sp³-hybridized carbons (Fsp3) is 0.333. The molecule has 66 heavy (non-hydrogen) atoms. The number of aromatic nitrogens is 2. The number of fused-ring (bicyclic) bond motifs is 5. The van der Waals surface area contributed by atoms with Crippen molar-refractivity contribution in [2.24, 2.45) is 5.16 Å². The van der Waals surface area contributed by atoms with Crippen LogP contribution >= 0.6 is 7.82 Å². The van der Waals surface area contributed by atoms with E-state index >= 15 is 0 Å². The first kappa shape index (κ1) is 46.9. The number of carbonyl (C=O) groups excluding carboxylic acids is 5. The van der Waals surface area contributed by atoms with Crippen molar-refractivity contribution >= 4 is 49.3 Å². The van der Waals surface area contributed by atoms with E-state index in [2.05, 4.69) is 20.0 Å². The number of amides is 4. The van der Waals surface area contributed by atoms with Crippen LogP contribution in [0.25, 0.3) is 0 Å². The molecule has 2 aromatic carbocycles. The number of hydrogen-bond acceptors (Lipinski definition) is 14. The number of phosphoric acid groups is 1. The number of oxime groups is 1. The number of nitrogens with one attached hydrogen (secondary N) is 1. The van der Waals surface area contributed by atoms with Gasteiger partial charge in [0.2, 0.25) is 18.0 Å². The third-order valence-corrected chi connectivity index (χ3v) is 11.5. The molecule has 4 aromatic rings. The number of halogens is 2. The lowest BCUT2D eigenvalue weighted by Gasteiger charge is -2.42. The molecule has 2 aromatic heterocycles. The fourth-order valence-corrected chi connectivity index (χ4v) is 8.03. The van der Waals surface area contributed by atoms with E-state index in [0.29, 0.717) is 31.0 Å². The van der Waals surface area contributed by atoms with E-state index in [9.17, 15) is 42.1 Å². The van der Waals surface area contributed by atoms with Gasteiger partial charge in [0.25, 0.3) is 11.8 Å². The first-order valence-corrected chi connectivity index (χ1v) is 21.7. The van der Waals surface area contributed by atoms with Gasteiger partial charge in [-0.25, -0.2) is 37.2 Å². The normalized spacial score (nSPS) is 18.6. The van der Waals surface area contributed by atoms with Gasteiger partial charge in [0.1, 0.15) is 35.3 Å². The molecule has 3 aliphatic rings. The summed E-state index contributed by atoms with van der Waals surface area (Å²) in [5, 5.41) is 6.64. The Labute approximate surface area is 373 Å². The van der Waals surface area contributed by atoms with E-state index in [0.717, 1.165) is 28.1 Å². The monoisotopic (exact) mass is 937 g/mol. The summed E-state index contributed by atoms with van der Waals surface area (Å²) < 4.78 is 61.0. The van der Waals surface area contributed by atoms with Crippen molar-refractivity contribution in [3.05, 3.63) is 117 Å². The van der Waals surface area contributed by atoms with Crippen molar-refractivity contribution in [2.75, 3.05) is 31.8 Å². The zero-order valence-corrected chi connectivity index (χ0v) is 36.3. The molecular formula is C42H42F2N7O14P. The second-order valence-electron chi connectivity index (χ2n) is 15.6. The van der Waals surface area contributed by atoms with Crippen LogP contribution in [-0.2, 0) is 36.5 Å². The van der Waals surface area contributed by atoms with Gasteiger partial charge >= 0.3 is 26.0 Å². The van der Waals surface area contributed by atoms with Gasteiger partial charge in [0, 0.05) is 62.2 Å². The number of anilines is 1. The molecule has 0 unspecified atom stereocenters. The molecule has 3 aliphatic heterocycles. The number of rotatable bonds is 13. The van der Waals surface area contributed by atoms with Crippen LogP contribution in [0.1, 0.15) is 71.1 Å². The average Bonchev–Trinajstić information content (AvgIpc) is 3.60. The molecule has 0 aliphatic carbocycles. The van der Waals surface area contributed by atoms with Crippen molar-refractivity contribution < 1.29 is 70.7 Å². The summed E-state index contributed by atoms with van der Waals surface area (Å²) in [6, 6.07) is 12.2. The van der Waals surface area contributed by atoms with Crippen LogP contribution in [0.5, 0.6) is 11.5 Å². The number of esters is 1.